The third-order valence-electron chi connectivity index (χ3n) is 2.69. The van der Waals surface area contributed by atoms with Crippen molar-refractivity contribution >= 4 is 28.3 Å². The number of pyridine rings is 1. The van der Waals surface area contributed by atoms with Crippen molar-refractivity contribution < 1.29 is 9.59 Å². The van der Waals surface area contributed by atoms with Crippen LogP contribution in [-0.4, -0.2) is 16.7 Å². The van der Waals surface area contributed by atoms with Crippen LogP contribution < -0.4 is 5.32 Å². The molecule has 4 nitrogen and oxygen atoms in total. The second-order valence-corrected chi connectivity index (χ2v) is 3.80. The summed E-state index contributed by atoms with van der Waals surface area (Å²) in [5, 5.41) is 3.48. The summed E-state index contributed by atoms with van der Waals surface area (Å²) in [6.07, 6.45) is 0. The quantitative estimate of drug-likeness (QED) is 0.676. The topological polar surface area (TPSA) is 59.1 Å². The van der Waals surface area contributed by atoms with Crippen molar-refractivity contribution in [2.45, 2.75) is 6.92 Å². The van der Waals surface area contributed by atoms with Crippen LogP contribution in [0.25, 0.3) is 10.9 Å². The number of Topliss-reactive ketones (excluding diaryl/α,β-unsaturated/α-hetero) is 1. The predicted octanol–water partition coefficient (Wildman–Crippen LogP) is 1.68. The lowest BCUT2D eigenvalue weighted by Gasteiger charge is -2.03. The molecule has 2 heterocycles. The van der Waals surface area contributed by atoms with E-state index in [0.717, 1.165) is 11.1 Å². The molecule has 2 aromatic rings. The Morgan fingerprint density at radius 1 is 1.12 bits per heavy atom. The molecular formula is C12H8N2O2. The van der Waals surface area contributed by atoms with Crippen molar-refractivity contribution in [1.82, 2.24) is 4.98 Å². The van der Waals surface area contributed by atoms with Gasteiger partial charge in [0.05, 0.1) is 16.8 Å². The van der Waals surface area contributed by atoms with E-state index in [9.17, 15) is 9.59 Å². The molecule has 78 valence electrons. The molecular weight excluding hydrogens is 204 g/mol. The van der Waals surface area contributed by atoms with Gasteiger partial charge in [-0.25, -0.2) is 0 Å². The SMILES string of the molecule is Cc1ccc2ccc3c(c2n1)NC(=O)C3=O. The van der Waals surface area contributed by atoms with Gasteiger partial charge in [-0.1, -0.05) is 12.1 Å². The van der Waals surface area contributed by atoms with Crippen LogP contribution in [0.2, 0.25) is 0 Å². The lowest BCUT2D eigenvalue weighted by molar-refractivity contribution is -0.112. The molecule has 1 amide bonds. The van der Waals surface area contributed by atoms with Gasteiger partial charge in [-0.2, -0.15) is 0 Å². The standard InChI is InChI=1S/C12H8N2O2/c1-6-2-3-7-4-5-8-10(9(7)13-6)14-12(16)11(8)15/h2-5H,1H3,(H,14,15,16). The minimum atomic E-state index is -0.578. The van der Waals surface area contributed by atoms with Gasteiger partial charge in [-0.3, -0.25) is 14.6 Å². The van der Waals surface area contributed by atoms with Gasteiger partial charge in [0.25, 0.3) is 11.7 Å². The van der Waals surface area contributed by atoms with Gasteiger partial charge in [0, 0.05) is 11.1 Å². The number of carbonyl (C=O) groups is 2. The van der Waals surface area contributed by atoms with E-state index in [0.29, 0.717) is 16.8 Å². The number of rotatable bonds is 0. The van der Waals surface area contributed by atoms with Crippen LogP contribution >= 0.6 is 0 Å². The third-order valence-corrected chi connectivity index (χ3v) is 2.69. The first-order valence-corrected chi connectivity index (χ1v) is 4.93. The molecule has 0 bridgehead atoms. The van der Waals surface area contributed by atoms with Crippen LogP contribution in [0.15, 0.2) is 24.3 Å². The van der Waals surface area contributed by atoms with Crippen LogP contribution in [0.5, 0.6) is 0 Å². The molecule has 3 rings (SSSR count). The van der Waals surface area contributed by atoms with Gasteiger partial charge < -0.3 is 5.32 Å². The molecule has 16 heavy (non-hydrogen) atoms. The van der Waals surface area contributed by atoms with Crippen molar-refractivity contribution in [2.75, 3.05) is 5.32 Å². The van der Waals surface area contributed by atoms with Crippen molar-refractivity contribution in [3.8, 4) is 0 Å². The van der Waals surface area contributed by atoms with E-state index >= 15 is 0 Å². The third kappa shape index (κ3) is 1.07. The molecule has 0 unspecified atom stereocenters. The predicted molar refractivity (Wildman–Crippen MR) is 59.4 cm³/mol. The van der Waals surface area contributed by atoms with E-state index in [1.807, 2.05) is 19.1 Å². The number of carbonyl (C=O) groups excluding carboxylic acids is 2. The molecule has 0 spiro atoms. The molecule has 0 radical (unpaired) electrons. The highest BCUT2D eigenvalue weighted by Crippen LogP contribution is 2.30. The Balaban J connectivity index is 2.42. The molecule has 1 aromatic heterocycles. The van der Waals surface area contributed by atoms with Gasteiger partial charge >= 0.3 is 0 Å². The van der Waals surface area contributed by atoms with E-state index in [1.54, 1.807) is 12.1 Å². The van der Waals surface area contributed by atoms with Gasteiger partial charge in [-0.05, 0) is 19.1 Å². The second kappa shape index (κ2) is 2.88. The number of amides is 1. The highest BCUT2D eigenvalue weighted by Gasteiger charge is 2.29. The van der Waals surface area contributed by atoms with Gasteiger partial charge in [0.15, 0.2) is 0 Å². The summed E-state index contributed by atoms with van der Waals surface area (Å²) >= 11 is 0. The zero-order valence-corrected chi connectivity index (χ0v) is 8.57. The van der Waals surface area contributed by atoms with Crippen LogP contribution in [-0.2, 0) is 4.79 Å². The van der Waals surface area contributed by atoms with Gasteiger partial charge in [0.2, 0.25) is 0 Å². The number of hydrogen-bond acceptors (Lipinski definition) is 3. The number of nitrogens with one attached hydrogen (secondary N) is 1. The molecule has 0 saturated heterocycles. The summed E-state index contributed by atoms with van der Waals surface area (Å²) < 4.78 is 0. The van der Waals surface area contributed by atoms with Crippen molar-refractivity contribution in [3.05, 3.63) is 35.5 Å². The fraction of sp³-hybridized carbons (Fsp3) is 0.0833. The fourth-order valence-electron chi connectivity index (χ4n) is 1.89. The Labute approximate surface area is 91.3 Å². The molecule has 0 saturated carbocycles. The first-order chi connectivity index (χ1) is 7.66. The molecule has 1 aliphatic rings. The van der Waals surface area contributed by atoms with Crippen LogP contribution in [0.3, 0.4) is 0 Å². The normalized spacial score (nSPS) is 14.1. The van der Waals surface area contributed by atoms with Crippen molar-refractivity contribution in [3.63, 3.8) is 0 Å². The maximum Gasteiger partial charge on any atom is 0.296 e. The Morgan fingerprint density at radius 2 is 1.88 bits per heavy atom. The molecule has 0 fully saturated rings. The molecule has 0 aliphatic carbocycles. The Kier molecular flexibility index (Phi) is 1.63. The van der Waals surface area contributed by atoms with E-state index in [-0.39, 0.29) is 0 Å². The van der Waals surface area contributed by atoms with E-state index in [4.69, 9.17) is 0 Å². The van der Waals surface area contributed by atoms with Crippen LogP contribution in [0, 0.1) is 6.92 Å². The number of nitrogens with zero attached hydrogens (tertiary/aromatic N) is 1. The number of anilines is 1. The first-order valence-electron chi connectivity index (χ1n) is 4.93. The highest BCUT2D eigenvalue weighted by atomic mass is 16.2. The monoisotopic (exact) mass is 212 g/mol. The number of hydrogen-bond donors (Lipinski definition) is 1. The molecule has 4 heteroatoms. The minimum Gasteiger partial charge on any atom is -0.317 e. The molecule has 1 aromatic carbocycles. The van der Waals surface area contributed by atoms with E-state index < -0.39 is 11.7 Å². The van der Waals surface area contributed by atoms with Gasteiger partial charge in [0.1, 0.15) is 0 Å². The first kappa shape index (κ1) is 9.03. The minimum absolute atomic E-state index is 0.413. The van der Waals surface area contributed by atoms with Gasteiger partial charge in [-0.15, -0.1) is 0 Å². The largest absolute Gasteiger partial charge is 0.317 e. The number of fused-ring (bicyclic) bond motifs is 3. The lowest BCUT2D eigenvalue weighted by atomic mass is 10.1. The average molecular weight is 212 g/mol. The number of benzene rings is 1. The summed E-state index contributed by atoms with van der Waals surface area (Å²) in [7, 11) is 0. The lowest BCUT2D eigenvalue weighted by Crippen LogP contribution is -2.12. The van der Waals surface area contributed by atoms with E-state index in [2.05, 4.69) is 10.3 Å². The molecule has 1 N–H and O–H groups in total. The number of ketones is 1. The fourth-order valence-corrected chi connectivity index (χ4v) is 1.89. The van der Waals surface area contributed by atoms with E-state index in [1.165, 1.54) is 0 Å². The summed E-state index contributed by atoms with van der Waals surface area (Å²) in [5.74, 6) is -1.06. The zero-order valence-electron chi connectivity index (χ0n) is 8.57. The number of aromatic nitrogens is 1. The maximum absolute atomic E-state index is 11.5. The zero-order chi connectivity index (χ0) is 11.3. The second-order valence-electron chi connectivity index (χ2n) is 3.80. The Morgan fingerprint density at radius 3 is 2.69 bits per heavy atom. The molecule has 0 atom stereocenters. The van der Waals surface area contributed by atoms with Crippen LogP contribution in [0.4, 0.5) is 5.69 Å². The van der Waals surface area contributed by atoms with Crippen molar-refractivity contribution in [1.29, 1.82) is 0 Å². The summed E-state index contributed by atoms with van der Waals surface area (Å²) in [6, 6.07) is 7.29. The maximum atomic E-state index is 11.5. The summed E-state index contributed by atoms with van der Waals surface area (Å²) in [5.41, 5.74) is 2.48. The summed E-state index contributed by atoms with van der Waals surface area (Å²) in [6.45, 7) is 1.87. The van der Waals surface area contributed by atoms with Crippen molar-refractivity contribution in [2.24, 2.45) is 0 Å². The highest BCUT2D eigenvalue weighted by molar-refractivity contribution is 6.52. The van der Waals surface area contributed by atoms with Crippen LogP contribution in [0.1, 0.15) is 16.1 Å². The smallest absolute Gasteiger partial charge is 0.296 e. The molecule has 1 aliphatic heterocycles. The summed E-state index contributed by atoms with van der Waals surface area (Å²) in [4.78, 5) is 27.1. The Hall–Kier alpha value is -2.23. The Bertz CT molecular complexity index is 647. The number of aryl methyl sites for hydroxylation is 1. The average Bonchev–Trinajstić information content (AvgIpc) is 2.56.